The molecule has 0 amide bonds. The van der Waals surface area contributed by atoms with E-state index in [-0.39, 0.29) is 18.0 Å². The SMILES string of the molecule is CCC[Si](OC(=O)C(C)C[Si]OC(C)C)(C(C)CC)C(C)CC. The van der Waals surface area contributed by atoms with Gasteiger partial charge in [-0.1, -0.05) is 60.8 Å². The molecule has 23 heavy (non-hydrogen) atoms. The van der Waals surface area contributed by atoms with Crippen LogP contribution < -0.4 is 0 Å². The number of rotatable bonds is 12. The van der Waals surface area contributed by atoms with Crippen molar-refractivity contribution in [3.05, 3.63) is 0 Å². The summed E-state index contributed by atoms with van der Waals surface area (Å²) in [4.78, 5) is 12.7. The molecule has 0 heterocycles. The van der Waals surface area contributed by atoms with Crippen molar-refractivity contribution in [2.24, 2.45) is 5.92 Å². The molecule has 0 aliphatic heterocycles. The van der Waals surface area contributed by atoms with Crippen LogP contribution in [0.5, 0.6) is 0 Å². The van der Waals surface area contributed by atoms with Gasteiger partial charge in [-0.25, -0.2) is 0 Å². The van der Waals surface area contributed by atoms with E-state index in [4.69, 9.17) is 8.85 Å². The monoisotopic (exact) mass is 358 g/mol. The molecule has 3 unspecified atom stereocenters. The average Bonchev–Trinajstić information content (AvgIpc) is 2.51. The van der Waals surface area contributed by atoms with Gasteiger partial charge in [0.1, 0.15) is 0 Å². The smallest absolute Gasteiger partial charge is 0.295 e. The van der Waals surface area contributed by atoms with Crippen molar-refractivity contribution in [2.45, 2.75) is 104 Å². The second-order valence-corrected chi connectivity index (χ2v) is 12.7. The second-order valence-electron chi connectivity index (χ2n) is 7.16. The molecule has 3 atom stereocenters. The van der Waals surface area contributed by atoms with E-state index in [1.165, 1.54) is 0 Å². The Morgan fingerprint density at radius 3 is 1.91 bits per heavy atom. The zero-order valence-corrected chi connectivity index (χ0v) is 18.6. The van der Waals surface area contributed by atoms with Crippen molar-refractivity contribution in [3.8, 4) is 0 Å². The van der Waals surface area contributed by atoms with E-state index >= 15 is 0 Å². The Kier molecular flexibility index (Phi) is 11.4. The lowest BCUT2D eigenvalue weighted by atomic mass is 10.2. The maximum Gasteiger partial charge on any atom is 0.295 e. The number of carbonyl (C=O) groups excluding carboxylic acids is 1. The summed E-state index contributed by atoms with van der Waals surface area (Å²) in [5.41, 5.74) is 1.03. The molecule has 0 rings (SSSR count). The standard InChI is InChI=1S/C18H38O3Si2/c1-9-12-23(16(7)10-2,17(8)11-3)21-18(19)15(6)13-22-20-14(4)5/h14-17H,9-13H2,1-8H3. The van der Waals surface area contributed by atoms with Crippen LogP contribution >= 0.6 is 0 Å². The Bertz CT molecular complexity index is 324. The number of carbonyl (C=O) groups is 1. The van der Waals surface area contributed by atoms with Crippen molar-refractivity contribution < 1.29 is 13.6 Å². The predicted octanol–water partition coefficient (Wildman–Crippen LogP) is 5.58. The van der Waals surface area contributed by atoms with E-state index in [0.717, 1.165) is 31.4 Å². The molecule has 0 aromatic heterocycles. The van der Waals surface area contributed by atoms with Gasteiger partial charge in [0.15, 0.2) is 0 Å². The summed E-state index contributed by atoms with van der Waals surface area (Å²) in [7, 11) is -1.70. The van der Waals surface area contributed by atoms with Gasteiger partial charge in [0, 0.05) is 6.10 Å². The van der Waals surface area contributed by atoms with Gasteiger partial charge >= 0.3 is 0 Å². The third-order valence-corrected chi connectivity index (χ3v) is 12.4. The lowest BCUT2D eigenvalue weighted by Gasteiger charge is -2.41. The van der Waals surface area contributed by atoms with Gasteiger partial charge in [0.2, 0.25) is 9.76 Å². The maximum atomic E-state index is 12.7. The van der Waals surface area contributed by atoms with E-state index in [0.29, 0.717) is 20.8 Å². The number of hydrogen-bond donors (Lipinski definition) is 0. The highest BCUT2D eigenvalue weighted by Crippen LogP contribution is 2.42. The van der Waals surface area contributed by atoms with Gasteiger partial charge in [-0.3, -0.25) is 4.79 Å². The fourth-order valence-corrected chi connectivity index (χ4v) is 9.07. The molecule has 0 aromatic carbocycles. The summed E-state index contributed by atoms with van der Waals surface area (Å²) >= 11 is 0. The summed E-state index contributed by atoms with van der Waals surface area (Å²) in [5.74, 6) is -0.0606. The van der Waals surface area contributed by atoms with Gasteiger partial charge in [-0.15, -0.1) is 0 Å². The molecule has 0 aliphatic rings. The zero-order valence-electron chi connectivity index (χ0n) is 16.6. The normalized spacial score (nSPS) is 18.3. The molecular weight excluding hydrogens is 320 g/mol. The molecule has 3 nitrogen and oxygen atoms in total. The van der Waals surface area contributed by atoms with Gasteiger partial charge in [0.05, 0.1) is 5.92 Å². The highest BCUT2D eigenvalue weighted by molar-refractivity contribution is 6.77. The van der Waals surface area contributed by atoms with Crippen molar-refractivity contribution in [3.63, 3.8) is 0 Å². The van der Waals surface area contributed by atoms with Crippen LogP contribution in [0.25, 0.3) is 0 Å². The average molecular weight is 359 g/mol. The molecule has 2 radical (unpaired) electrons. The van der Waals surface area contributed by atoms with Crippen LogP contribution in [0.15, 0.2) is 0 Å². The fraction of sp³-hybridized carbons (Fsp3) is 0.944. The molecule has 0 aliphatic carbocycles. The second kappa shape index (κ2) is 11.4. The molecule has 136 valence electrons. The summed E-state index contributed by atoms with van der Waals surface area (Å²) < 4.78 is 12.0. The first kappa shape index (κ1) is 22.9. The highest BCUT2D eigenvalue weighted by Gasteiger charge is 2.47. The largest absolute Gasteiger partial charge is 0.518 e. The van der Waals surface area contributed by atoms with Crippen LogP contribution in [0.1, 0.15) is 74.7 Å². The van der Waals surface area contributed by atoms with Gasteiger partial charge < -0.3 is 8.85 Å². The van der Waals surface area contributed by atoms with Crippen LogP contribution in [0.4, 0.5) is 0 Å². The van der Waals surface area contributed by atoms with Crippen LogP contribution in [-0.2, 0) is 13.6 Å². The van der Waals surface area contributed by atoms with Crippen molar-refractivity contribution in [1.82, 2.24) is 0 Å². The van der Waals surface area contributed by atoms with Crippen LogP contribution in [0, 0.1) is 5.92 Å². The van der Waals surface area contributed by atoms with Crippen molar-refractivity contribution in [1.29, 1.82) is 0 Å². The lowest BCUT2D eigenvalue weighted by Crippen LogP contribution is -2.48. The molecule has 0 saturated heterocycles. The minimum absolute atomic E-state index is 0.00516. The Labute approximate surface area is 148 Å². The minimum atomic E-state index is -2.08. The van der Waals surface area contributed by atoms with E-state index < -0.39 is 8.32 Å². The molecule has 0 aromatic rings. The third-order valence-electron chi connectivity index (χ3n) is 4.94. The maximum absolute atomic E-state index is 12.7. The first-order valence-corrected chi connectivity index (χ1v) is 12.7. The Balaban J connectivity index is 5.01. The summed E-state index contributed by atoms with van der Waals surface area (Å²) in [6.07, 6.45) is 3.51. The quantitative estimate of drug-likeness (QED) is 0.427. The highest BCUT2D eigenvalue weighted by atomic mass is 28.4. The number of hydrogen-bond acceptors (Lipinski definition) is 3. The lowest BCUT2D eigenvalue weighted by molar-refractivity contribution is -0.139. The molecule has 5 heteroatoms. The molecule has 0 fully saturated rings. The van der Waals surface area contributed by atoms with E-state index in [1.54, 1.807) is 0 Å². The molecule has 0 bridgehead atoms. The van der Waals surface area contributed by atoms with Crippen LogP contribution in [0.3, 0.4) is 0 Å². The van der Waals surface area contributed by atoms with Crippen LogP contribution in [0.2, 0.25) is 23.2 Å². The molecule has 0 spiro atoms. The first-order chi connectivity index (χ1) is 10.7. The molecule has 0 N–H and O–H groups in total. The van der Waals surface area contributed by atoms with Crippen LogP contribution in [-0.4, -0.2) is 30.2 Å². The first-order valence-electron chi connectivity index (χ1n) is 9.36. The predicted molar refractivity (Wildman–Crippen MR) is 102 cm³/mol. The summed E-state index contributed by atoms with van der Waals surface area (Å²) in [5, 5.41) is 0. The third kappa shape index (κ3) is 7.10. The fourth-order valence-electron chi connectivity index (χ4n) is 3.02. The van der Waals surface area contributed by atoms with E-state index in [9.17, 15) is 4.79 Å². The summed E-state index contributed by atoms with van der Waals surface area (Å²) in [6, 6.07) is 1.86. The van der Waals surface area contributed by atoms with Crippen molar-refractivity contribution in [2.75, 3.05) is 0 Å². The Morgan fingerprint density at radius 2 is 1.52 bits per heavy atom. The zero-order chi connectivity index (χ0) is 18.0. The van der Waals surface area contributed by atoms with E-state index in [1.807, 2.05) is 20.8 Å². The van der Waals surface area contributed by atoms with Gasteiger partial charge in [0.25, 0.3) is 14.3 Å². The topological polar surface area (TPSA) is 35.5 Å². The summed E-state index contributed by atoms with van der Waals surface area (Å²) in [6.45, 7) is 17.3. The van der Waals surface area contributed by atoms with Gasteiger partial charge in [-0.2, -0.15) is 0 Å². The Morgan fingerprint density at radius 1 is 1.00 bits per heavy atom. The van der Waals surface area contributed by atoms with Gasteiger partial charge in [-0.05, 0) is 37.0 Å². The molecule has 0 saturated carbocycles. The minimum Gasteiger partial charge on any atom is -0.518 e. The molecular formula is C18H38O3Si2. The Hall–Kier alpha value is -0.136. The van der Waals surface area contributed by atoms with E-state index in [2.05, 4.69) is 34.6 Å². The van der Waals surface area contributed by atoms with Crippen molar-refractivity contribution >= 4 is 24.0 Å².